The zero-order valence-corrected chi connectivity index (χ0v) is 21.6. The maximum absolute atomic E-state index is 11.2. The Bertz CT molecular complexity index is 1210. The third-order valence-electron chi connectivity index (χ3n) is 5.53. The van der Waals surface area contributed by atoms with Crippen LogP contribution in [0.2, 0.25) is 0 Å². The number of anilines is 2. The van der Waals surface area contributed by atoms with Gasteiger partial charge < -0.3 is 4.90 Å². The molecule has 7 heteroatoms. The van der Waals surface area contributed by atoms with Crippen LogP contribution in [-0.2, 0) is 16.7 Å². The predicted molar refractivity (Wildman–Crippen MR) is 147 cm³/mol. The number of para-hydroxylation sites is 2. The number of thioether (sulfide) groups is 2. The van der Waals surface area contributed by atoms with Gasteiger partial charge in [0.1, 0.15) is 0 Å². The molecule has 0 unspecified atom stereocenters. The van der Waals surface area contributed by atoms with Gasteiger partial charge in [0.25, 0.3) is 10.1 Å². The summed E-state index contributed by atoms with van der Waals surface area (Å²) in [6.07, 6.45) is 1.47. The molecular formula is C27H29NO3S3. The molecule has 0 amide bonds. The van der Waals surface area contributed by atoms with Crippen molar-refractivity contribution in [2.24, 2.45) is 0 Å². The van der Waals surface area contributed by atoms with Crippen LogP contribution < -0.4 is 4.90 Å². The Morgan fingerprint density at radius 3 is 1.97 bits per heavy atom. The number of rotatable bonds is 10. The maximum atomic E-state index is 11.2. The lowest BCUT2D eigenvalue weighted by Gasteiger charge is -2.35. The highest BCUT2D eigenvalue weighted by Gasteiger charge is 2.28. The molecule has 34 heavy (non-hydrogen) atoms. The summed E-state index contributed by atoms with van der Waals surface area (Å²) >= 11 is 3.52. The summed E-state index contributed by atoms with van der Waals surface area (Å²) in [6.45, 7) is 2.95. The van der Waals surface area contributed by atoms with Crippen LogP contribution in [0.3, 0.4) is 0 Å². The van der Waals surface area contributed by atoms with Gasteiger partial charge >= 0.3 is 0 Å². The van der Waals surface area contributed by atoms with Crippen molar-refractivity contribution in [1.29, 1.82) is 0 Å². The molecule has 0 aromatic heterocycles. The zero-order chi connectivity index (χ0) is 24.0. The standard InChI is InChI=1S/C27H29NO3S3/c1-2-17-32-27(33-18-10-19-34(29,30)31)26-22-13-6-8-15-24(22)28(20-21-11-4-3-5-12-21)25-16-9-7-14-23(25)26/h3-9,11-16H,2,10,17-20H2,1H3,(H,29,30,31). The fourth-order valence-corrected chi connectivity index (χ4v) is 7.18. The normalized spacial score (nSPS) is 12.9. The first-order valence-electron chi connectivity index (χ1n) is 11.4. The third kappa shape index (κ3) is 6.08. The van der Waals surface area contributed by atoms with E-state index in [-0.39, 0.29) is 5.75 Å². The molecule has 1 N–H and O–H groups in total. The van der Waals surface area contributed by atoms with Crippen molar-refractivity contribution in [2.75, 3.05) is 22.2 Å². The second kappa shape index (κ2) is 11.5. The molecule has 4 nitrogen and oxygen atoms in total. The Morgan fingerprint density at radius 2 is 1.38 bits per heavy atom. The highest BCUT2D eigenvalue weighted by atomic mass is 32.2. The molecule has 3 aromatic rings. The van der Waals surface area contributed by atoms with Gasteiger partial charge in [-0.15, -0.1) is 23.5 Å². The summed E-state index contributed by atoms with van der Waals surface area (Å²) in [5.41, 5.74) is 7.20. The molecule has 1 aliphatic rings. The van der Waals surface area contributed by atoms with Crippen molar-refractivity contribution in [1.82, 2.24) is 0 Å². The van der Waals surface area contributed by atoms with E-state index in [0.29, 0.717) is 12.2 Å². The van der Waals surface area contributed by atoms with E-state index in [0.717, 1.165) is 18.7 Å². The van der Waals surface area contributed by atoms with E-state index < -0.39 is 10.1 Å². The average molecular weight is 512 g/mol. The molecule has 178 valence electrons. The molecule has 1 heterocycles. The van der Waals surface area contributed by atoms with E-state index in [1.54, 1.807) is 11.8 Å². The first kappa shape index (κ1) is 24.9. The fraction of sp³-hybridized carbons (Fsp3) is 0.259. The fourth-order valence-electron chi connectivity index (χ4n) is 4.06. The SMILES string of the molecule is CCCSC(SCCCS(=O)(=O)O)=C1c2ccccc2N(Cc2ccccc2)c2ccccc21. The van der Waals surface area contributed by atoms with Crippen molar-refractivity contribution >= 4 is 50.6 Å². The molecular weight excluding hydrogens is 483 g/mol. The predicted octanol–water partition coefficient (Wildman–Crippen LogP) is 7.21. The van der Waals surface area contributed by atoms with Gasteiger partial charge in [-0.2, -0.15) is 8.42 Å². The van der Waals surface area contributed by atoms with Crippen LogP contribution in [-0.4, -0.2) is 30.2 Å². The molecule has 0 saturated carbocycles. The summed E-state index contributed by atoms with van der Waals surface area (Å²) < 4.78 is 32.7. The van der Waals surface area contributed by atoms with Gasteiger partial charge in [0.2, 0.25) is 0 Å². The minimum atomic E-state index is -3.94. The van der Waals surface area contributed by atoms with Gasteiger partial charge in [-0.05, 0) is 42.0 Å². The minimum absolute atomic E-state index is 0.209. The second-order valence-electron chi connectivity index (χ2n) is 8.11. The molecule has 3 aromatic carbocycles. The first-order chi connectivity index (χ1) is 16.5. The lowest BCUT2D eigenvalue weighted by atomic mass is 9.91. The summed E-state index contributed by atoms with van der Waals surface area (Å²) in [4.78, 5) is 2.38. The second-order valence-corrected chi connectivity index (χ2v) is 12.1. The van der Waals surface area contributed by atoms with Crippen molar-refractivity contribution < 1.29 is 13.0 Å². The maximum Gasteiger partial charge on any atom is 0.264 e. The smallest absolute Gasteiger partial charge is 0.264 e. The van der Waals surface area contributed by atoms with Crippen molar-refractivity contribution in [3.63, 3.8) is 0 Å². The van der Waals surface area contributed by atoms with Crippen LogP contribution in [0, 0.1) is 0 Å². The third-order valence-corrected chi connectivity index (χ3v) is 9.08. The van der Waals surface area contributed by atoms with Gasteiger partial charge in [0, 0.05) is 38.9 Å². The van der Waals surface area contributed by atoms with Gasteiger partial charge in [-0.1, -0.05) is 73.7 Å². The Balaban J connectivity index is 1.78. The molecule has 0 spiro atoms. The monoisotopic (exact) mass is 511 g/mol. The molecule has 0 aliphatic carbocycles. The van der Waals surface area contributed by atoms with Crippen LogP contribution in [0.15, 0.2) is 83.1 Å². The van der Waals surface area contributed by atoms with E-state index in [1.807, 2.05) is 17.8 Å². The average Bonchev–Trinajstić information content (AvgIpc) is 2.84. The van der Waals surface area contributed by atoms with E-state index in [2.05, 4.69) is 84.6 Å². The van der Waals surface area contributed by atoms with E-state index >= 15 is 0 Å². The lowest BCUT2D eigenvalue weighted by molar-refractivity contribution is 0.482. The highest BCUT2D eigenvalue weighted by Crippen LogP contribution is 2.50. The Morgan fingerprint density at radius 1 is 0.824 bits per heavy atom. The van der Waals surface area contributed by atoms with Crippen LogP contribution >= 0.6 is 23.5 Å². The van der Waals surface area contributed by atoms with Crippen LogP contribution in [0.25, 0.3) is 5.57 Å². The van der Waals surface area contributed by atoms with Gasteiger partial charge in [-0.25, -0.2) is 0 Å². The number of fused-ring (bicyclic) bond motifs is 2. The van der Waals surface area contributed by atoms with Crippen LogP contribution in [0.1, 0.15) is 36.5 Å². The highest BCUT2D eigenvalue weighted by molar-refractivity contribution is 8.22. The summed E-state index contributed by atoms with van der Waals surface area (Å²) in [6, 6.07) is 27.6. The number of hydrogen-bond donors (Lipinski definition) is 1. The number of nitrogens with zero attached hydrogens (tertiary/aromatic N) is 1. The number of hydrogen-bond acceptors (Lipinski definition) is 5. The topological polar surface area (TPSA) is 57.6 Å². The number of benzene rings is 3. The molecule has 0 saturated heterocycles. The van der Waals surface area contributed by atoms with Gasteiger partial charge in [0.15, 0.2) is 0 Å². The van der Waals surface area contributed by atoms with Gasteiger partial charge in [-0.3, -0.25) is 4.55 Å². The Labute approximate surface area is 211 Å². The Hall–Kier alpha value is -2.19. The van der Waals surface area contributed by atoms with Crippen molar-refractivity contribution in [3.05, 3.63) is 99.8 Å². The largest absolute Gasteiger partial charge is 0.336 e. The first-order valence-corrected chi connectivity index (χ1v) is 15.0. The molecule has 1 aliphatic heterocycles. The molecule has 0 fully saturated rings. The van der Waals surface area contributed by atoms with E-state index in [1.165, 1.54) is 37.9 Å². The van der Waals surface area contributed by atoms with Crippen LogP contribution in [0.4, 0.5) is 11.4 Å². The van der Waals surface area contributed by atoms with Crippen molar-refractivity contribution in [3.8, 4) is 0 Å². The summed E-state index contributed by atoms with van der Waals surface area (Å²) in [5.74, 6) is 1.41. The lowest BCUT2D eigenvalue weighted by Crippen LogP contribution is -2.23. The molecule has 4 rings (SSSR count). The zero-order valence-electron chi connectivity index (χ0n) is 19.2. The minimum Gasteiger partial charge on any atom is -0.336 e. The summed E-state index contributed by atoms with van der Waals surface area (Å²) in [5, 5.41) is 0. The van der Waals surface area contributed by atoms with Gasteiger partial charge in [0.05, 0.1) is 5.75 Å². The summed E-state index contributed by atoms with van der Waals surface area (Å²) in [7, 11) is -3.94. The van der Waals surface area contributed by atoms with Crippen molar-refractivity contribution in [2.45, 2.75) is 26.3 Å². The quantitative estimate of drug-likeness (QED) is 0.229. The molecule has 0 bridgehead atoms. The Kier molecular flexibility index (Phi) is 8.42. The van der Waals surface area contributed by atoms with Crippen LogP contribution in [0.5, 0.6) is 0 Å². The molecule has 0 radical (unpaired) electrons. The van der Waals surface area contributed by atoms with E-state index in [9.17, 15) is 8.42 Å². The van der Waals surface area contributed by atoms with E-state index in [4.69, 9.17) is 4.55 Å². The molecule has 0 atom stereocenters.